The minimum absolute atomic E-state index is 1.00. The van der Waals surface area contributed by atoms with E-state index in [-0.39, 0.29) is 0 Å². The van der Waals surface area contributed by atoms with Gasteiger partial charge in [0.15, 0.2) is 0 Å². The summed E-state index contributed by atoms with van der Waals surface area (Å²) in [6, 6.07) is 10.6. The first-order chi connectivity index (χ1) is 7.25. The molecule has 0 atom stereocenters. The largest absolute Gasteiger partial charge is 0.295 e. The van der Waals surface area contributed by atoms with Crippen LogP contribution in [0.4, 0.5) is 0 Å². The van der Waals surface area contributed by atoms with Crippen molar-refractivity contribution in [1.29, 1.82) is 0 Å². The van der Waals surface area contributed by atoms with Crippen LogP contribution in [0, 0.1) is 0 Å². The molecule has 80 valence electrons. The lowest BCUT2D eigenvalue weighted by atomic mass is 10.1. The number of hydrogen-bond donors (Lipinski definition) is 0. The lowest BCUT2D eigenvalue weighted by Gasteiger charge is -2.27. The molecule has 0 bridgehead atoms. The first-order valence-corrected chi connectivity index (χ1v) is 5.74. The van der Waals surface area contributed by atoms with Crippen molar-refractivity contribution in [1.82, 2.24) is 4.90 Å². The molecular weight excluding hydrogens is 206 g/mol. The van der Waals surface area contributed by atoms with Crippen LogP contribution in [0.25, 0.3) is 0 Å². The van der Waals surface area contributed by atoms with Crippen molar-refractivity contribution in [2.75, 3.05) is 13.1 Å². The van der Waals surface area contributed by atoms with E-state index in [1.165, 1.54) is 11.1 Å². The number of hydrogen-bond acceptors (Lipinski definition) is 1. The van der Waals surface area contributed by atoms with Crippen LogP contribution >= 0.6 is 11.6 Å². The fourth-order valence-corrected chi connectivity index (χ4v) is 2.09. The van der Waals surface area contributed by atoms with Gasteiger partial charge in [0.1, 0.15) is 0 Å². The fourth-order valence-electron chi connectivity index (χ4n) is 1.95. The minimum Gasteiger partial charge on any atom is -0.295 e. The van der Waals surface area contributed by atoms with Crippen LogP contribution in [-0.2, 0) is 6.54 Å². The predicted octanol–water partition coefficient (Wildman–Crippen LogP) is 3.41. The molecule has 1 heterocycles. The van der Waals surface area contributed by atoms with E-state index in [0.717, 1.165) is 31.1 Å². The van der Waals surface area contributed by atoms with Gasteiger partial charge in [0.25, 0.3) is 0 Å². The Hall–Kier alpha value is -0.790. The van der Waals surface area contributed by atoms with E-state index in [9.17, 15) is 0 Å². The second-order valence-corrected chi connectivity index (χ2v) is 4.59. The molecule has 0 saturated carbocycles. The SMILES string of the molecule is CC1=C(Cl)CCN(Cc2ccccc2)C1. The average Bonchev–Trinajstić information content (AvgIpc) is 2.25. The van der Waals surface area contributed by atoms with Gasteiger partial charge >= 0.3 is 0 Å². The molecule has 0 amide bonds. The second kappa shape index (κ2) is 4.82. The Morgan fingerprint density at radius 2 is 2.00 bits per heavy atom. The van der Waals surface area contributed by atoms with Crippen LogP contribution in [-0.4, -0.2) is 18.0 Å². The standard InChI is InChI=1S/C13H16ClN/c1-11-9-15(8-7-13(11)14)10-12-5-3-2-4-6-12/h2-6H,7-10H2,1H3. The molecule has 0 fully saturated rings. The number of benzene rings is 1. The van der Waals surface area contributed by atoms with E-state index in [2.05, 4.69) is 42.2 Å². The third kappa shape index (κ3) is 2.83. The first kappa shape index (κ1) is 10.7. The van der Waals surface area contributed by atoms with E-state index < -0.39 is 0 Å². The monoisotopic (exact) mass is 221 g/mol. The third-order valence-electron chi connectivity index (χ3n) is 2.82. The summed E-state index contributed by atoms with van der Waals surface area (Å²) in [4.78, 5) is 2.44. The molecule has 1 aliphatic rings. The molecule has 0 unspecified atom stereocenters. The average molecular weight is 222 g/mol. The summed E-state index contributed by atoms with van der Waals surface area (Å²) in [6.45, 7) is 5.24. The molecule has 1 aliphatic heterocycles. The van der Waals surface area contributed by atoms with Crippen LogP contribution in [0.5, 0.6) is 0 Å². The molecule has 0 radical (unpaired) electrons. The zero-order chi connectivity index (χ0) is 10.7. The van der Waals surface area contributed by atoms with Crippen molar-refractivity contribution in [2.45, 2.75) is 19.9 Å². The molecule has 1 aromatic carbocycles. The van der Waals surface area contributed by atoms with Gasteiger partial charge in [-0.25, -0.2) is 0 Å². The van der Waals surface area contributed by atoms with Gasteiger partial charge in [0, 0.05) is 24.7 Å². The van der Waals surface area contributed by atoms with Crippen LogP contribution in [0.2, 0.25) is 0 Å². The fraction of sp³-hybridized carbons (Fsp3) is 0.385. The van der Waals surface area contributed by atoms with Crippen LogP contribution in [0.1, 0.15) is 18.9 Å². The van der Waals surface area contributed by atoms with Crippen molar-refractivity contribution in [2.24, 2.45) is 0 Å². The van der Waals surface area contributed by atoms with Gasteiger partial charge in [0.05, 0.1) is 0 Å². The Bertz CT molecular complexity index is 356. The summed E-state index contributed by atoms with van der Waals surface area (Å²) < 4.78 is 0. The lowest BCUT2D eigenvalue weighted by Crippen LogP contribution is -2.29. The highest BCUT2D eigenvalue weighted by Gasteiger charge is 2.14. The maximum absolute atomic E-state index is 6.09. The van der Waals surface area contributed by atoms with Gasteiger partial charge < -0.3 is 0 Å². The predicted molar refractivity (Wildman–Crippen MR) is 64.9 cm³/mol. The van der Waals surface area contributed by atoms with Gasteiger partial charge in [-0.3, -0.25) is 4.90 Å². The van der Waals surface area contributed by atoms with E-state index in [1.807, 2.05) is 0 Å². The zero-order valence-electron chi connectivity index (χ0n) is 9.04. The molecule has 1 aromatic rings. The van der Waals surface area contributed by atoms with Crippen molar-refractivity contribution in [3.63, 3.8) is 0 Å². The molecule has 2 rings (SSSR count). The minimum atomic E-state index is 1.00. The molecule has 0 aliphatic carbocycles. The van der Waals surface area contributed by atoms with E-state index in [0.29, 0.717) is 0 Å². The van der Waals surface area contributed by atoms with Gasteiger partial charge in [-0.05, 0) is 24.5 Å². The summed E-state index contributed by atoms with van der Waals surface area (Å²) in [5.41, 5.74) is 2.70. The quantitative estimate of drug-likeness (QED) is 0.740. The van der Waals surface area contributed by atoms with E-state index >= 15 is 0 Å². The Morgan fingerprint density at radius 1 is 1.27 bits per heavy atom. The number of rotatable bonds is 2. The number of nitrogens with zero attached hydrogens (tertiary/aromatic N) is 1. The number of halogens is 1. The molecule has 0 spiro atoms. The first-order valence-electron chi connectivity index (χ1n) is 5.36. The highest BCUT2D eigenvalue weighted by Crippen LogP contribution is 2.21. The van der Waals surface area contributed by atoms with Crippen LogP contribution in [0.15, 0.2) is 40.9 Å². The molecular formula is C13H16ClN. The molecule has 15 heavy (non-hydrogen) atoms. The Kier molecular flexibility index (Phi) is 3.45. The Balaban J connectivity index is 1.98. The van der Waals surface area contributed by atoms with Gasteiger partial charge in [0.2, 0.25) is 0 Å². The van der Waals surface area contributed by atoms with Gasteiger partial charge in [-0.2, -0.15) is 0 Å². The maximum Gasteiger partial charge on any atom is 0.0237 e. The van der Waals surface area contributed by atoms with Crippen LogP contribution in [0.3, 0.4) is 0 Å². The van der Waals surface area contributed by atoms with Crippen molar-refractivity contribution < 1.29 is 0 Å². The zero-order valence-corrected chi connectivity index (χ0v) is 9.80. The maximum atomic E-state index is 6.09. The van der Waals surface area contributed by atoms with Crippen molar-refractivity contribution >= 4 is 11.6 Å². The topological polar surface area (TPSA) is 3.24 Å². The molecule has 0 N–H and O–H groups in total. The van der Waals surface area contributed by atoms with Crippen LogP contribution < -0.4 is 0 Å². The van der Waals surface area contributed by atoms with E-state index in [4.69, 9.17) is 11.6 Å². The molecule has 0 aromatic heterocycles. The second-order valence-electron chi connectivity index (χ2n) is 4.13. The summed E-state index contributed by atoms with van der Waals surface area (Å²) in [7, 11) is 0. The third-order valence-corrected chi connectivity index (χ3v) is 3.33. The van der Waals surface area contributed by atoms with E-state index in [1.54, 1.807) is 0 Å². The highest BCUT2D eigenvalue weighted by atomic mass is 35.5. The summed E-state index contributed by atoms with van der Waals surface area (Å²) in [5.74, 6) is 0. The van der Waals surface area contributed by atoms with Gasteiger partial charge in [-0.15, -0.1) is 0 Å². The Morgan fingerprint density at radius 3 is 2.67 bits per heavy atom. The van der Waals surface area contributed by atoms with Crippen molar-refractivity contribution in [3.8, 4) is 0 Å². The molecule has 1 nitrogen and oxygen atoms in total. The smallest absolute Gasteiger partial charge is 0.0237 e. The highest BCUT2D eigenvalue weighted by molar-refractivity contribution is 6.30. The Labute approximate surface area is 96.4 Å². The summed E-state index contributed by atoms with van der Waals surface area (Å²) in [6.07, 6.45) is 1.00. The molecule has 0 saturated heterocycles. The molecule has 2 heteroatoms. The lowest BCUT2D eigenvalue weighted by molar-refractivity contribution is 0.280. The van der Waals surface area contributed by atoms with Gasteiger partial charge in [-0.1, -0.05) is 41.9 Å². The summed E-state index contributed by atoms with van der Waals surface area (Å²) in [5, 5.41) is 1.05. The van der Waals surface area contributed by atoms with Crippen molar-refractivity contribution in [3.05, 3.63) is 46.5 Å². The summed E-state index contributed by atoms with van der Waals surface area (Å²) >= 11 is 6.09. The normalized spacial score (nSPS) is 18.3.